The maximum atomic E-state index is 13.1. The maximum Gasteiger partial charge on any atom is 0.375 e. The van der Waals surface area contributed by atoms with Crippen LogP contribution in [-0.2, 0) is 30.3 Å². The number of esters is 2. The van der Waals surface area contributed by atoms with Crippen molar-refractivity contribution >= 4 is 29.3 Å². The van der Waals surface area contributed by atoms with Gasteiger partial charge in [0.05, 0.1) is 32.5 Å². The fraction of sp³-hybridized carbons (Fsp3) is 0.227. The van der Waals surface area contributed by atoms with Gasteiger partial charge in [0.15, 0.2) is 5.78 Å². The molecule has 160 valence electrons. The van der Waals surface area contributed by atoms with E-state index in [0.29, 0.717) is 0 Å². The van der Waals surface area contributed by atoms with E-state index in [-0.39, 0.29) is 33.6 Å². The third-order valence-corrected chi connectivity index (χ3v) is 5.06. The van der Waals surface area contributed by atoms with Crippen LogP contribution in [0, 0.1) is 5.92 Å². The van der Waals surface area contributed by atoms with Gasteiger partial charge < -0.3 is 19.3 Å². The summed E-state index contributed by atoms with van der Waals surface area (Å²) < 4.78 is 14.1. The highest BCUT2D eigenvalue weighted by molar-refractivity contribution is 6.38. The SMILES string of the molecule is COC(=O)C(=O)C(Cc1ccc2c(c1O)C(=O)c1c(OC)cccc1C2=O)C(=O)OC. The summed E-state index contributed by atoms with van der Waals surface area (Å²) in [6, 6.07) is 7.20. The maximum absolute atomic E-state index is 13.1. The molecule has 0 saturated heterocycles. The number of fused-ring (bicyclic) bond motifs is 2. The van der Waals surface area contributed by atoms with Crippen LogP contribution in [0.5, 0.6) is 11.5 Å². The lowest BCUT2D eigenvalue weighted by Crippen LogP contribution is -2.33. The summed E-state index contributed by atoms with van der Waals surface area (Å²) in [7, 11) is 3.37. The van der Waals surface area contributed by atoms with E-state index < -0.39 is 47.4 Å². The molecule has 0 spiro atoms. The number of carbonyl (C=O) groups is 5. The fourth-order valence-corrected chi connectivity index (χ4v) is 3.50. The lowest BCUT2D eigenvalue weighted by Gasteiger charge is -2.22. The molecule has 0 heterocycles. The van der Waals surface area contributed by atoms with Crippen molar-refractivity contribution in [2.24, 2.45) is 5.92 Å². The Hall–Kier alpha value is -4.01. The Balaban J connectivity index is 2.10. The molecular formula is C22H18O9. The number of aromatic hydroxyl groups is 1. The largest absolute Gasteiger partial charge is 0.507 e. The van der Waals surface area contributed by atoms with Gasteiger partial charge in [-0.3, -0.25) is 19.2 Å². The van der Waals surface area contributed by atoms with Crippen molar-refractivity contribution in [1.82, 2.24) is 0 Å². The standard InChI is InChI=1S/C22H18O9/c1-29-14-6-4-5-11-15(14)20(26)16-12(18(11)24)8-7-10(17(16)23)9-13(21(27)30-2)19(25)22(28)31-3/h4-8,13,23H,9H2,1-3H3. The zero-order valence-corrected chi connectivity index (χ0v) is 16.9. The second kappa shape index (κ2) is 8.39. The number of benzene rings is 2. The molecule has 0 aliphatic heterocycles. The van der Waals surface area contributed by atoms with Gasteiger partial charge in [-0.15, -0.1) is 0 Å². The number of phenolic OH excluding ortho intramolecular Hbond substituents is 1. The predicted molar refractivity (Wildman–Crippen MR) is 104 cm³/mol. The number of phenols is 1. The number of hydrogen-bond acceptors (Lipinski definition) is 9. The molecule has 2 aromatic rings. The third kappa shape index (κ3) is 3.54. The highest BCUT2D eigenvalue weighted by Crippen LogP contribution is 2.39. The Morgan fingerprint density at radius 1 is 0.903 bits per heavy atom. The highest BCUT2D eigenvalue weighted by Gasteiger charge is 2.38. The fourth-order valence-electron chi connectivity index (χ4n) is 3.50. The molecule has 1 aliphatic carbocycles. The second-order valence-corrected chi connectivity index (χ2v) is 6.67. The molecular weight excluding hydrogens is 408 g/mol. The van der Waals surface area contributed by atoms with E-state index in [1.807, 2.05) is 0 Å². The Morgan fingerprint density at radius 2 is 1.58 bits per heavy atom. The lowest BCUT2D eigenvalue weighted by atomic mass is 9.81. The van der Waals surface area contributed by atoms with Crippen LogP contribution in [0.15, 0.2) is 30.3 Å². The van der Waals surface area contributed by atoms with Crippen LogP contribution < -0.4 is 4.74 Å². The zero-order chi connectivity index (χ0) is 22.9. The monoisotopic (exact) mass is 426 g/mol. The molecule has 0 saturated carbocycles. The van der Waals surface area contributed by atoms with E-state index in [0.717, 1.165) is 14.2 Å². The second-order valence-electron chi connectivity index (χ2n) is 6.67. The van der Waals surface area contributed by atoms with Gasteiger partial charge >= 0.3 is 11.9 Å². The van der Waals surface area contributed by atoms with Crippen LogP contribution in [0.25, 0.3) is 0 Å². The minimum Gasteiger partial charge on any atom is -0.507 e. The highest BCUT2D eigenvalue weighted by atomic mass is 16.5. The Bertz CT molecular complexity index is 1130. The van der Waals surface area contributed by atoms with E-state index in [2.05, 4.69) is 9.47 Å². The van der Waals surface area contributed by atoms with E-state index in [9.17, 15) is 29.1 Å². The average molecular weight is 426 g/mol. The van der Waals surface area contributed by atoms with Crippen molar-refractivity contribution in [2.75, 3.05) is 21.3 Å². The number of rotatable bonds is 6. The number of methoxy groups -OCH3 is 3. The Labute approximate surface area is 176 Å². The van der Waals surface area contributed by atoms with Crippen molar-refractivity contribution in [3.05, 3.63) is 58.1 Å². The molecule has 0 bridgehead atoms. The van der Waals surface area contributed by atoms with E-state index in [1.165, 1.54) is 31.4 Å². The lowest BCUT2D eigenvalue weighted by molar-refractivity contribution is -0.159. The number of carbonyl (C=O) groups excluding carboxylic acids is 5. The number of ketones is 3. The van der Waals surface area contributed by atoms with Gasteiger partial charge in [0.2, 0.25) is 5.78 Å². The minimum absolute atomic E-state index is 0.00473. The first-order valence-electron chi connectivity index (χ1n) is 9.08. The van der Waals surface area contributed by atoms with Gasteiger partial charge in [0.1, 0.15) is 17.4 Å². The number of Topliss-reactive ketones (excluding diaryl/α,β-unsaturated/α-hetero) is 1. The van der Waals surface area contributed by atoms with Gasteiger partial charge in [-0.05, 0) is 24.1 Å². The van der Waals surface area contributed by atoms with Crippen LogP contribution in [0.1, 0.15) is 37.4 Å². The first-order chi connectivity index (χ1) is 14.8. The van der Waals surface area contributed by atoms with Gasteiger partial charge in [-0.1, -0.05) is 18.2 Å². The van der Waals surface area contributed by atoms with Gasteiger partial charge in [-0.2, -0.15) is 0 Å². The quantitative estimate of drug-likeness (QED) is 0.351. The molecule has 2 aromatic carbocycles. The van der Waals surface area contributed by atoms with Crippen molar-refractivity contribution in [1.29, 1.82) is 0 Å². The van der Waals surface area contributed by atoms with E-state index in [4.69, 9.17) is 4.74 Å². The molecule has 1 atom stereocenters. The Kier molecular flexibility index (Phi) is 5.87. The smallest absolute Gasteiger partial charge is 0.375 e. The molecule has 1 unspecified atom stereocenters. The molecule has 1 N–H and O–H groups in total. The van der Waals surface area contributed by atoms with Gasteiger partial charge in [-0.25, -0.2) is 4.79 Å². The molecule has 0 fully saturated rings. The summed E-state index contributed by atoms with van der Waals surface area (Å²) in [5, 5.41) is 10.8. The van der Waals surface area contributed by atoms with Crippen molar-refractivity contribution < 1.29 is 43.3 Å². The van der Waals surface area contributed by atoms with Crippen molar-refractivity contribution in [2.45, 2.75) is 6.42 Å². The van der Waals surface area contributed by atoms with Crippen LogP contribution in [0.3, 0.4) is 0 Å². The van der Waals surface area contributed by atoms with E-state index >= 15 is 0 Å². The Morgan fingerprint density at radius 3 is 2.19 bits per heavy atom. The zero-order valence-electron chi connectivity index (χ0n) is 16.9. The first-order valence-corrected chi connectivity index (χ1v) is 9.08. The van der Waals surface area contributed by atoms with Crippen molar-refractivity contribution in [3.8, 4) is 11.5 Å². The summed E-state index contributed by atoms with van der Waals surface area (Å²) in [6.07, 6.45) is -0.444. The molecule has 9 heteroatoms. The van der Waals surface area contributed by atoms with Crippen LogP contribution >= 0.6 is 0 Å². The van der Waals surface area contributed by atoms with Crippen molar-refractivity contribution in [3.63, 3.8) is 0 Å². The summed E-state index contributed by atoms with van der Waals surface area (Å²) in [4.78, 5) is 62.0. The van der Waals surface area contributed by atoms with Gasteiger partial charge in [0.25, 0.3) is 5.78 Å². The normalized spacial score (nSPS) is 13.0. The van der Waals surface area contributed by atoms with Crippen LogP contribution in [0.2, 0.25) is 0 Å². The summed E-state index contributed by atoms with van der Waals surface area (Å²) in [5.41, 5.74) is -0.150. The number of hydrogen-bond donors (Lipinski definition) is 1. The summed E-state index contributed by atoms with van der Waals surface area (Å²) >= 11 is 0. The molecule has 0 amide bonds. The first kappa shape index (κ1) is 21.7. The van der Waals surface area contributed by atoms with Crippen LogP contribution in [-0.4, -0.2) is 55.7 Å². The number of ether oxygens (including phenoxy) is 3. The summed E-state index contributed by atoms with van der Waals surface area (Å²) in [6.45, 7) is 0. The van der Waals surface area contributed by atoms with E-state index in [1.54, 1.807) is 6.07 Å². The molecule has 0 aromatic heterocycles. The predicted octanol–water partition coefficient (Wildman–Crippen LogP) is 1.25. The minimum atomic E-state index is -1.60. The molecule has 0 radical (unpaired) electrons. The molecule has 31 heavy (non-hydrogen) atoms. The third-order valence-electron chi connectivity index (χ3n) is 5.06. The average Bonchev–Trinajstić information content (AvgIpc) is 2.79. The molecule has 1 aliphatic rings. The van der Waals surface area contributed by atoms with Crippen LogP contribution in [0.4, 0.5) is 0 Å². The molecule has 9 nitrogen and oxygen atoms in total. The topological polar surface area (TPSA) is 133 Å². The summed E-state index contributed by atoms with van der Waals surface area (Å²) in [5.74, 6) is -6.56. The van der Waals surface area contributed by atoms with Gasteiger partial charge in [0, 0.05) is 11.1 Å². The molecule has 3 rings (SSSR count).